The molecule has 8 heteroatoms. The second-order valence-corrected chi connectivity index (χ2v) is 7.19. The topological polar surface area (TPSA) is 82.8 Å². The Labute approximate surface area is 174 Å². The number of rotatable bonds is 8. The van der Waals surface area contributed by atoms with Gasteiger partial charge in [-0.2, -0.15) is 10.2 Å². The minimum Gasteiger partial charge on any atom is -0.377 e. The van der Waals surface area contributed by atoms with Crippen molar-refractivity contribution < 1.29 is 9.53 Å². The Bertz CT molecular complexity index is 1030. The summed E-state index contributed by atoms with van der Waals surface area (Å²) in [6, 6.07) is 1.71. The molecule has 7 nitrogen and oxygen atoms in total. The highest BCUT2D eigenvalue weighted by atomic mass is 35.5. The zero-order valence-electron chi connectivity index (χ0n) is 16.6. The van der Waals surface area contributed by atoms with Gasteiger partial charge in [-0.1, -0.05) is 18.2 Å². The summed E-state index contributed by atoms with van der Waals surface area (Å²) in [5.74, 6) is 0.445. The summed E-state index contributed by atoms with van der Waals surface area (Å²) in [7, 11) is 1.64. The first kappa shape index (κ1) is 20.8. The van der Waals surface area contributed by atoms with Crippen molar-refractivity contribution in [2.24, 2.45) is 0 Å². The quantitative estimate of drug-likeness (QED) is 0.560. The standard InChI is InChI=1S/C21H22ClN5O2/c1-13(2)18-12-23-11-16(20(18)14(3)29-4)9-17(28)7-15-8-19(22)21(24-10-15)27-25-5-6-26-27/h5-6,8,10-12,14H,1,7,9H2,2-4H3. The van der Waals surface area contributed by atoms with Crippen molar-refractivity contribution in [1.82, 2.24) is 25.0 Å². The van der Waals surface area contributed by atoms with Gasteiger partial charge in [-0.15, -0.1) is 4.80 Å². The highest BCUT2D eigenvalue weighted by Gasteiger charge is 2.19. The number of carbonyl (C=O) groups excluding carboxylic acids is 1. The van der Waals surface area contributed by atoms with Crippen molar-refractivity contribution in [1.29, 1.82) is 0 Å². The Morgan fingerprint density at radius 1 is 1.24 bits per heavy atom. The SMILES string of the molecule is C=C(C)c1cncc(CC(=O)Cc2cnc(-n3nccn3)c(Cl)c2)c1C(C)OC. The number of Topliss-reactive ketones (excluding diaryl/α,β-unsaturated/α-hetero) is 1. The minimum absolute atomic E-state index is 0.0260. The number of halogens is 1. The largest absolute Gasteiger partial charge is 0.377 e. The Hall–Kier alpha value is -2.90. The van der Waals surface area contributed by atoms with E-state index in [0.29, 0.717) is 10.8 Å². The average Bonchev–Trinajstić information content (AvgIpc) is 3.21. The van der Waals surface area contributed by atoms with Gasteiger partial charge >= 0.3 is 0 Å². The molecular formula is C21H22ClN5O2. The van der Waals surface area contributed by atoms with Gasteiger partial charge in [0.25, 0.3) is 0 Å². The van der Waals surface area contributed by atoms with E-state index >= 15 is 0 Å². The second kappa shape index (κ2) is 9.07. The average molecular weight is 412 g/mol. The first-order valence-corrected chi connectivity index (χ1v) is 9.46. The lowest BCUT2D eigenvalue weighted by Crippen LogP contribution is -2.13. The summed E-state index contributed by atoms with van der Waals surface area (Å²) in [6.07, 6.45) is 8.44. The van der Waals surface area contributed by atoms with Crippen LogP contribution in [0.4, 0.5) is 0 Å². The number of aromatic nitrogens is 5. The van der Waals surface area contributed by atoms with Crippen molar-refractivity contribution in [3.05, 3.63) is 70.9 Å². The van der Waals surface area contributed by atoms with Crippen molar-refractivity contribution in [3.63, 3.8) is 0 Å². The molecule has 3 heterocycles. The summed E-state index contributed by atoms with van der Waals surface area (Å²) in [5, 5.41) is 8.41. The lowest BCUT2D eigenvalue weighted by atomic mass is 9.92. The van der Waals surface area contributed by atoms with Gasteiger partial charge in [0.15, 0.2) is 5.82 Å². The third kappa shape index (κ3) is 4.75. The van der Waals surface area contributed by atoms with Crippen LogP contribution in [0.3, 0.4) is 0 Å². The number of nitrogens with zero attached hydrogens (tertiary/aromatic N) is 5. The summed E-state index contributed by atoms with van der Waals surface area (Å²) < 4.78 is 5.51. The van der Waals surface area contributed by atoms with Crippen LogP contribution < -0.4 is 0 Å². The monoisotopic (exact) mass is 411 g/mol. The molecule has 3 aromatic heterocycles. The van der Waals surface area contributed by atoms with E-state index in [1.165, 1.54) is 4.80 Å². The van der Waals surface area contributed by atoms with Crippen molar-refractivity contribution in [2.45, 2.75) is 32.8 Å². The van der Waals surface area contributed by atoms with Crippen LogP contribution in [0.25, 0.3) is 11.4 Å². The lowest BCUT2D eigenvalue weighted by molar-refractivity contribution is -0.117. The third-order valence-corrected chi connectivity index (χ3v) is 4.84. The van der Waals surface area contributed by atoms with Gasteiger partial charge < -0.3 is 4.74 Å². The Morgan fingerprint density at radius 2 is 1.97 bits per heavy atom. The molecule has 0 bridgehead atoms. The smallest absolute Gasteiger partial charge is 0.193 e. The number of ketones is 1. The van der Waals surface area contributed by atoms with Crippen LogP contribution in [0.2, 0.25) is 5.02 Å². The molecule has 3 rings (SSSR count). The van der Waals surface area contributed by atoms with E-state index in [1.807, 2.05) is 13.8 Å². The zero-order valence-corrected chi connectivity index (χ0v) is 17.3. The van der Waals surface area contributed by atoms with Gasteiger partial charge in [0.2, 0.25) is 0 Å². The molecule has 0 aromatic carbocycles. The maximum Gasteiger partial charge on any atom is 0.193 e. The number of hydrogen-bond donors (Lipinski definition) is 0. The number of pyridine rings is 2. The molecule has 0 aliphatic carbocycles. The highest BCUT2D eigenvalue weighted by Crippen LogP contribution is 2.29. The van der Waals surface area contributed by atoms with E-state index in [9.17, 15) is 4.79 Å². The van der Waals surface area contributed by atoms with Gasteiger partial charge in [-0.3, -0.25) is 9.78 Å². The molecule has 0 aliphatic rings. The molecule has 0 spiro atoms. The van der Waals surface area contributed by atoms with Crippen LogP contribution in [0.5, 0.6) is 0 Å². The fraction of sp³-hybridized carbons (Fsp3) is 0.286. The molecule has 0 radical (unpaired) electrons. The Morgan fingerprint density at radius 3 is 2.59 bits per heavy atom. The summed E-state index contributed by atoms with van der Waals surface area (Å²) >= 11 is 6.29. The molecule has 29 heavy (non-hydrogen) atoms. The van der Waals surface area contributed by atoms with Crippen molar-refractivity contribution in [3.8, 4) is 5.82 Å². The normalized spacial score (nSPS) is 12.0. The summed E-state index contributed by atoms with van der Waals surface area (Å²) in [4.78, 5) is 22.7. The predicted octanol–water partition coefficient (Wildman–Crippen LogP) is 3.81. The van der Waals surface area contributed by atoms with Crippen LogP contribution in [-0.2, 0) is 22.4 Å². The first-order chi connectivity index (χ1) is 13.9. The molecule has 0 saturated heterocycles. The van der Waals surface area contributed by atoms with E-state index in [1.54, 1.807) is 44.2 Å². The number of hydrogen-bond acceptors (Lipinski definition) is 6. The number of methoxy groups -OCH3 is 1. The minimum atomic E-state index is -0.176. The fourth-order valence-electron chi connectivity index (χ4n) is 3.13. The molecule has 0 amide bonds. The predicted molar refractivity (Wildman–Crippen MR) is 111 cm³/mol. The molecular weight excluding hydrogens is 390 g/mol. The van der Waals surface area contributed by atoms with Crippen LogP contribution in [0.15, 0.2) is 43.6 Å². The van der Waals surface area contributed by atoms with Gasteiger partial charge in [0.1, 0.15) is 5.78 Å². The van der Waals surface area contributed by atoms with Gasteiger partial charge in [-0.25, -0.2) is 4.98 Å². The van der Waals surface area contributed by atoms with Crippen LogP contribution in [0.1, 0.15) is 42.2 Å². The van der Waals surface area contributed by atoms with E-state index in [2.05, 4.69) is 26.7 Å². The first-order valence-electron chi connectivity index (χ1n) is 9.09. The Kier molecular flexibility index (Phi) is 6.51. The molecule has 0 N–H and O–H groups in total. The molecule has 0 saturated carbocycles. The van der Waals surface area contributed by atoms with E-state index in [-0.39, 0.29) is 24.7 Å². The molecule has 0 aliphatic heterocycles. The van der Waals surface area contributed by atoms with Gasteiger partial charge in [-0.05, 0) is 42.2 Å². The molecule has 3 aromatic rings. The lowest BCUT2D eigenvalue weighted by Gasteiger charge is -2.19. The fourth-order valence-corrected chi connectivity index (χ4v) is 3.40. The van der Waals surface area contributed by atoms with E-state index < -0.39 is 0 Å². The van der Waals surface area contributed by atoms with Crippen LogP contribution in [-0.4, -0.2) is 37.9 Å². The summed E-state index contributed by atoms with van der Waals surface area (Å²) in [6.45, 7) is 7.87. The Balaban J connectivity index is 1.80. The molecule has 150 valence electrons. The molecule has 0 fully saturated rings. The zero-order chi connectivity index (χ0) is 21.0. The number of carbonyl (C=O) groups is 1. The number of ether oxygens (including phenoxy) is 1. The van der Waals surface area contributed by atoms with Gasteiger partial charge in [0, 0.05) is 44.1 Å². The highest BCUT2D eigenvalue weighted by molar-refractivity contribution is 6.32. The van der Waals surface area contributed by atoms with Crippen LogP contribution >= 0.6 is 11.6 Å². The molecule has 1 atom stereocenters. The van der Waals surface area contributed by atoms with Gasteiger partial charge in [0.05, 0.1) is 23.5 Å². The van der Waals surface area contributed by atoms with E-state index in [4.69, 9.17) is 16.3 Å². The molecule has 1 unspecified atom stereocenters. The van der Waals surface area contributed by atoms with E-state index in [0.717, 1.165) is 27.8 Å². The third-order valence-electron chi connectivity index (χ3n) is 4.57. The second-order valence-electron chi connectivity index (χ2n) is 6.78. The number of allylic oxidation sites excluding steroid dienone is 1. The maximum absolute atomic E-state index is 12.8. The maximum atomic E-state index is 12.8. The van der Waals surface area contributed by atoms with Crippen molar-refractivity contribution in [2.75, 3.05) is 7.11 Å². The van der Waals surface area contributed by atoms with Crippen molar-refractivity contribution >= 4 is 23.0 Å². The summed E-state index contributed by atoms with van der Waals surface area (Å²) in [5.41, 5.74) is 4.29. The van der Waals surface area contributed by atoms with Crippen LogP contribution in [0, 0.1) is 0 Å².